The van der Waals surface area contributed by atoms with Crippen LogP contribution in [0.1, 0.15) is 12.6 Å². The van der Waals surface area contributed by atoms with Crippen LogP contribution in [-0.2, 0) is 4.74 Å². The van der Waals surface area contributed by atoms with E-state index in [9.17, 15) is 0 Å². The van der Waals surface area contributed by atoms with Crippen LogP contribution in [0.3, 0.4) is 0 Å². The summed E-state index contributed by atoms with van der Waals surface area (Å²) in [4.78, 5) is 15.8. The average molecular weight is 403 g/mol. The maximum Gasteiger partial charge on any atom is 0.359 e. The number of hydrogen-bond donors (Lipinski definition) is 5. The largest absolute Gasteiger partial charge is 0.494 e. The van der Waals surface area contributed by atoms with Crippen molar-refractivity contribution in [2.45, 2.75) is 13.8 Å². The molecule has 0 spiro atoms. The maximum atomic E-state index is 5.58. The zero-order chi connectivity index (χ0) is 20.1. The molecule has 2 aromatic rings. The number of nitrogens with one attached hydrogen (secondary N) is 5. The number of morpholine rings is 1. The van der Waals surface area contributed by atoms with Crippen LogP contribution in [0.15, 0.2) is 18.2 Å². The standard InChI is InChI=1S/C20H29N7O2/c1-3-29-16-4-5-18-17(12-16)15(2)23-20(24-18)25-19-21-13-27(14-22-19)7-6-26-8-10-28-11-9-26/h4-5,12H,3,6-11,13-14H2,1-2H3,(H2,21,22,23,24,25)/p+3. The Labute approximate surface area is 171 Å². The highest BCUT2D eigenvalue weighted by atomic mass is 16.5. The monoisotopic (exact) mass is 402 g/mol. The Morgan fingerprint density at radius 2 is 2.03 bits per heavy atom. The highest BCUT2D eigenvalue weighted by Crippen LogP contribution is 2.22. The van der Waals surface area contributed by atoms with Gasteiger partial charge in [-0.3, -0.25) is 4.90 Å². The molecule has 1 aromatic carbocycles. The van der Waals surface area contributed by atoms with E-state index in [-0.39, 0.29) is 0 Å². The van der Waals surface area contributed by atoms with Crippen LogP contribution in [0.25, 0.3) is 10.9 Å². The number of anilines is 1. The molecule has 1 fully saturated rings. The summed E-state index contributed by atoms with van der Waals surface area (Å²) in [5.74, 6) is 2.30. The fourth-order valence-corrected chi connectivity index (χ4v) is 3.77. The molecule has 1 atom stereocenters. The average Bonchev–Trinajstić information content (AvgIpc) is 2.75. The lowest BCUT2D eigenvalue weighted by molar-refractivity contribution is -1.01. The van der Waals surface area contributed by atoms with Gasteiger partial charge in [0.1, 0.15) is 31.9 Å². The van der Waals surface area contributed by atoms with Gasteiger partial charge in [-0.25, -0.2) is 20.6 Å². The number of aromatic nitrogens is 2. The molecular formula is C20H32N7O2+3. The van der Waals surface area contributed by atoms with Gasteiger partial charge >= 0.3 is 5.96 Å². The molecule has 0 saturated carbocycles. The number of benzene rings is 1. The first-order valence-electron chi connectivity index (χ1n) is 10.5. The first-order chi connectivity index (χ1) is 14.2. The van der Waals surface area contributed by atoms with E-state index in [1.807, 2.05) is 32.0 Å². The van der Waals surface area contributed by atoms with Crippen molar-refractivity contribution in [2.24, 2.45) is 0 Å². The van der Waals surface area contributed by atoms with E-state index in [4.69, 9.17) is 9.47 Å². The SMILES string of the molecule is CCOc1ccc2nc(NC3=[NH+]C[NH+](CC[NH+]4CCOCC4)CN3)nc(C)c2c1. The topological polar surface area (TPSA) is 91.1 Å². The molecule has 2 aliphatic rings. The van der Waals surface area contributed by atoms with Crippen molar-refractivity contribution in [1.82, 2.24) is 15.3 Å². The Kier molecular flexibility index (Phi) is 6.38. The fraction of sp³-hybridized carbons (Fsp3) is 0.550. The Morgan fingerprint density at radius 3 is 2.79 bits per heavy atom. The molecule has 0 radical (unpaired) electrons. The number of rotatable bonds is 6. The Balaban J connectivity index is 1.34. The third kappa shape index (κ3) is 5.11. The quantitative estimate of drug-likeness (QED) is 0.345. The van der Waals surface area contributed by atoms with Gasteiger partial charge in [-0.2, -0.15) is 4.98 Å². The van der Waals surface area contributed by atoms with Crippen molar-refractivity contribution in [1.29, 1.82) is 0 Å². The highest BCUT2D eigenvalue weighted by Gasteiger charge is 2.23. The Bertz CT molecular complexity index is 867. The molecule has 3 heterocycles. The van der Waals surface area contributed by atoms with E-state index in [1.54, 1.807) is 4.90 Å². The summed E-state index contributed by atoms with van der Waals surface area (Å²) >= 11 is 0. The minimum atomic E-state index is 0.593. The Morgan fingerprint density at radius 1 is 1.21 bits per heavy atom. The van der Waals surface area contributed by atoms with Crippen molar-refractivity contribution >= 4 is 22.8 Å². The number of quaternary nitrogens is 2. The molecule has 156 valence electrons. The summed E-state index contributed by atoms with van der Waals surface area (Å²) in [6.07, 6.45) is 0. The number of aryl methyl sites for hydroxylation is 1. The predicted molar refractivity (Wildman–Crippen MR) is 110 cm³/mol. The lowest BCUT2D eigenvalue weighted by Gasteiger charge is -2.26. The summed E-state index contributed by atoms with van der Waals surface area (Å²) in [7, 11) is 0. The van der Waals surface area contributed by atoms with E-state index in [0.29, 0.717) is 12.6 Å². The summed E-state index contributed by atoms with van der Waals surface area (Å²) in [5, 5.41) is 7.72. The number of ether oxygens (including phenoxy) is 2. The van der Waals surface area contributed by atoms with Gasteiger partial charge in [-0.05, 0) is 32.0 Å². The summed E-state index contributed by atoms with van der Waals surface area (Å²) < 4.78 is 11.0. The molecule has 9 heteroatoms. The molecule has 1 saturated heterocycles. The van der Waals surface area contributed by atoms with Crippen LogP contribution < -0.4 is 30.2 Å². The molecule has 0 amide bonds. The van der Waals surface area contributed by atoms with Crippen LogP contribution in [0.2, 0.25) is 0 Å². The van der Waals surface area contributed by atoms with Gasteiger partial charge < -0.3 is 14.4 Å². The van der Waals surface area contributed by atoms with Gasteiger partial charge in [-0.1, -0.05) is 0 Å². The van der Waals surface area contributed by atoms with Crippen LogP contribution in [0.4, 0.5) is 5.95 Å². The zero-order valence-corrected chi connectivity index (χ0v) is 17.3. The molecule has 5 N–H and O–H groups in total. The second-order valence-electron chi connectivity index (χ2n) is 7.56. The third-order valence-electron chi connectivity index (χ3n) is 5.47. The van der Waals surface area contributed by atoms with Crippen LogP contribution in [0, 0.1) is 6.92 Å². The number of guanidine groups is 1. The van der Waals surface area contributed by atoms with E-state index >= 15 is 0 Å². The molecule has 1 aromatic heterocycles. The summed E-state index contributed by atoms with van der Waals surface area (Å²) in [6.45, 7) is 12.7. The summed E-state index contributed by atoms with van der Waals surface area (Å²) in [6, 6.07) is 5.93. The van der Waals surface area contributed by atoms with Gasteiger partial charge in [-0.15, -0.1) is 0 Å². The molecule has 2 aliphatic heterocycles. The molecule has 0 aliphatic carbocycles. The van der Waals surface area contributed by atoms with Crippen molar-refractivity contribution in [3.05, 3.63) is 23.9 Å². The molecule has 1 unspecified atom stereocenters. The van der Waals surface area contributed by atoms with Crippen molar-refractivity contribution < 1.29 is 24.3 Å². The lowest BCUT2D eigenvalue weighted by Crippen LogP contribution is -3.27. The molecule has 29 heavy (non-hydrogen) atoms. The summed E-state index contributed by atoms with van der Waals surface area (Å²) in [5.41, 5.74) is 1.83. The first-order valence-corrected chi connectivity index (χ1v) is 10.5. The minimum Gasteiger partial charge on any atom is -0.494 e. The normalized spacial score (nSPS) is 20.2. The number of nitrogens with zero attached hydrogens (tertiary/aromatic N) is 2. The van der Waals surface area contributed by atoms with Crippen LogP contribution >= 0.6 is 0 Å². The number of hydrogen-bond acceptors (Lipinski definition) is 6. The van der Waals surface area contributed by atoms with Gasteiger partial charge in [0.25, 0.3) is 5.95 Å². The molecule has 9 nitrogen and oxygen atoms in total. The fourth-order valence-electron chi connectivity index (χ4n) is 3.77. The van der Waals surface area contributed by atoms with Gasteiger partial charge in [0.15, 0.2) is 13.3 Å². The van der Waals surface area contributed by atoms with Crippen LogP contribution in [0.5, 0.6) is 5.75 Å². The van der Waals surface area contributed by atoms with Crippen molar-refractivity contribution in [3.63, 3.8) is 0 Å². The maximum absolute atomic E-state index is 5.58. The lowest BCUT2D eigenvalue weighted by atomic mass is 10.2. The van der Waals surface area contributed by atoms with Crippen molar-refractivity contribution in [3.8, 4) is 5.75 Å². The van der Waals surface area contributed by atoms with Gasteiger partial charge in [0.05, 0.1) is 31.0 Å². The van der Waals surface area contributed by atoms with E-state index in [0.717, 1.165) is 74.5 Å². The second-order valence-corrected chi connectivity index (χ2v) is 7.56. The van der Waals surface area contributed by atoms with Crippen molar-refractivity contribution in [2.75, 3.05) is 64.7 Å². The van der Waals surface area contributed by atoms with Crippen LogP contribution in [-0.4, -0.2) is 75.3 Å². The molecule has 0 bridgehead atoms. The molecular weight excluding hydrogens is 370 g/mol. The minimum absolute atomic E-state index is 0.593. The molecule has 4 rings (SSSR count). The third-order valence-corrected chi connectivity index (χ3v) is 5.47. The van der Waals surface area contributed by atoms with E-state index < -0.39 is 0 Å². The van der Waals surface area contributed by atoms with E-state index in [2.05, 4.69) is 25.6 Å². The first kappa shape index (κ1) is 19.8. The number of fused-ring (bicyclic) bond motifs is 1. The second kappa shape index (κ2) is 9.34. The van der Waals surface area contributed by atoms with E-state index in [1.165, 1.54) is 11.4 Å². The highest BCUT2D eigenvalue weighted by molar-refractivity contribution is 5.89. The van der Waals surface area contributed by atoms with Gasteiger partial charge in [0.2, 0.25) is 0 Å². The van der Waals surface area contributed by atoms with Gasteiger partial charge in [0, 0.05) is 5.39 Å². The predicted octanol–water partition coefficient (Wildman–Crippen LogP) is -3.50. The zero-order valence-electron chi connectivity index (χ0n) is 17.3. The smallest absolute Gasteiger partial charge is 0.359 e. The Hall–Kier alpha value is -2.49.